The number of pyridine rings is 2. The zero-order valence-corrected chi connectivity index (χ0v) is 62.7. The molecule has 0 bridgehead atoms. The van der Waals surface area contributed by atoms with E-state index in [1.54, 1.807) is 12.3 Å². The van der Waals surface area contributed by atoms with E-state index in [4.69, 9.17) is 20.6 Å². The van der Waals surface area contributed by atoms with Crippen molar-refractivity contribution in [1.82, 2.24) is 9.97 Å². The fourth-order valence-electron chi connectivity index (χ4n) is 11.8. The average Bonchev–Trinajstić information content (AvgIpc) is 1.71. The number of hydrogen-bond acceptors (Lipinski definition) is 9. The van der Waals surface area contributed by atoms with E-state index in [2.05, 4.69) is 210 Å². The monoisotopic (exact) mass is 1520 g/mol. The van der Waals surface area contributed by atoms with Crippen LogP contribution in [-0.4, -0.2) is 83.8 Å². The molecule has 4 heterocycles. The number of halogens is 18. The number of rotatable bonds is 19. The molecule has 33 heteroatoms. The van der Waals surface area contributed by atoms with Gasteiger partial charge in [-0.2, -0.15) is 0 Å². The Morgan fingerprint density at radius 3 is 1.11 bits per heavy atom. The van der Waals surface area contributed by atoms with E-state index in [0.29, 0.717) is 5.69 Å². The summed E-state index contributed by atoms with van der Waals surface area (Å²) in [6.45, 7) is 43.1. The van der Waals surface area contributed by atoms with Crippen molar-refractivity contribution in [2.75, 3.05) is 72.0 Å². The first-order valence-electron chi connectivity index (χ1n) is 32.8. The van der Waals surface area contributed by atoms with Crippen molar-refractivity contribution in [2.24, 2.45) is 10.2 Å². The van der Waals surface area contributed by atoms with Crippen LogP contribution in [0.4, 0.5) is 121 Å². The second-order valence-electron chi connectivity index (χ2n) is 25.4. The number of aromatic nitrogens is 2. The first kappa shape index (κ1) is 88.0. The molecular weight excluding hydrogens is 1420 g/mol. The molecule has 0 unspecified atom stereocenters. The van der Waals surface area contributed by atoms with Crippen molar-refractivity contribution in [3.63, 3.8) is 0 Å². The zero-order chi connectivity index (χ0) is 77.3. The molecule has 570 valence electrons. The Bertz CT molecular complexity index is 3740. The molecule has 0 amide bonds. The van der Waals surface area contributed by atoms with Crippen LogP contribution in [0.25, 0.3) is 4.98 Å². The minimum absolute atomic E-state index is 0. The Kier molecular flexibility index (Phi) is 28.4. The quantitative estimate of drug-likeness (QED) is 0.0262. The van der Waals surface area contributed by atoms with Gasteiger partial charge in [-0.25, -0.2) is 28.9 Å². The molecule has 0 atom stereocenters. The van der Waals surface area contributed by atoms with Crippen molar-refractivity contribution in [3.05, 3.63) is 157 Å². The molecule has 4 aromatic carbocycles. The minimum Gasteiger partial charge on any atom is -1.00 e. The summed E-state index contributed by atoms with van der Waals surface area (Å²) in [5.74, 6) is 2.86. The summed E-state index contributed by atoms with van der Waals surface area (Å²) >= 11 is 0. The fraction of sp³-hybridized carbons (Fsp3) is 0.471. The van der Waals surface area contributed by atoms with Crippen molar-refractivity contribution in [3.8, 4) is 0 Å². The molecule has 101 heavy (non-hydrogen) atoms. The maximum absolute atomic E-state index is 10.7. The summed E-state index contributed by atoms with van der Waals surface area (Å²) in [5.41, 5.74) is 22.1. The van der Waals surface area contributed by atoms with Crippen LogP contribution in [0, 0.1) is 88.5 Å². The Labute approximate surface area is 582 Å². The van der Waals surface area contributed by atoms with Gasteiger partial charge in [0.2, 0.25) is 11.7 Å². The first-order chi connectivity index (χ1) is 45.8. The average molecular weight is 1520 g/mol. The number of hydrogen-bond donors (Lipinski definition) is 0. The predicted octanol–water partition coefficient (Wildman–Crippen LogP) is 27.6. The number of anilines is 4. The Hall–Kier alpha value is -7.23. The van der Waals surface area contributed by atoms with Gasteiger partial charge in [0.25, 0.3) is 0 Å². The maximum Gasteiger partial charge on any atom is -1.00 e. The summed E-state index contributed by atoms with van der Waals surface area (Å²) in [5, 5.41) is 18.3. The second kappa shape index (κ2) is 32.6. The van der Waals surface area contributed by atoms with Crippen molar-refractivity contribution >= 4 is 81.5 Å². The van der Waals surface area contributed by atoms with E-state index in [0.717, 1.165) is 75.6 Å². The van der Waals surface area contributed by atoms with Crippen LogP contribution >= 0.6 is 23.4 Å². The third-order valence-electron chi connectivity index (χ3n) is 15.2. The molecule has 2 aliphatic rings. The number of nitrogens with zero attached hydrogens (tertiary/aromatic N) is 12. The van der Waals surface area contributed by atoms with Crippen molar-refractivity contribution < 1.29 is 86.1 Å². The first-order valence-corrected chi connectivity index (χ1v) is 38.8. The Morgan fingerprint density at radius 1 is 0.446 bits per heavy atom. The van der Waals surface area contributed by atoms with E-state index in [1.165, 1.54) is 141 Å². The molecule has 0 spiro atoms. The van der Waals surface area contributed by atoms with Crippen LogP contribution in [-0.2, 0) is 0 Å². The fourth-order valence-corrected chi connectivity index (χ4v) is 11.8. The van der Waals surface area contributed by atoms with Gasteiger partial charge >= 0.3 is 111 Å². The van der Waals surface area contributed by atoms with E-state index < -0.39 is 23.4 Å². The second-order valence-corrected chi connectivity index (χ2v) is 31.2. The molecule has 0 saturated heterocycles. The van der Waals surface area contributed by atoms with Gasteiger partial charge in [0, 0.05) is 37.4 Å². The normalized spacial score (nSPS) is 15.2. The molecule has 0 saturated carbocycles. The zero-order valence-electron chi connectivity index (χ0n) is 61.0. The standard InChI is InChI=1S/C34H47N6.C21H27N2.C13H21N4.3F6P.H/c1-9-11-15-38(16-12-10-2)31-14-13-30(23-35-31)36-37-34-39(32-26(5)19-24(3)20-27(32)6)17-18-40(34)33-28(7)21-25(4)22-29(33)8;1-14-9-16(3)20(17(4)10-14)22-7-8-23(13-22)21-18(5)11-15(2)12-19(21)6;1-3-5-9-17(10-6-4-2)13-8-7-12(16-14)11-15-13;3*1-7(2,3,4,5)6;/h13-14,19-23H,9-12,15-18H2,1-8H3;9-13H,7-8H2,1-6H3;7-8,11H,3-6,9-10H2,1-2H3;;;;/q3*+1;4*-1/i;;;;;;1+1. The third-order valence-corrected chi connectivity index (χ3v) is 15.2. The molecule has 0 aliphatic carbocycles. The van der Waals surface area contributed by atoms with E-state index in [1.807, 2.05) is 18.3 Å². The summed E-state index contributed by atoms with van der Waals surface area (Å²) in [7, 11) is -32.0. The number of unbranched alkanes of at least 4 members (excludes halogenated alkanes) is 4. The number of aryl methyl sites for hydroxylation is 12. The number of benzene rings is 4. The smallest absolute Gasteiger partial charge is 1.00 e. The minimum atomic E-state index is -10.7. The topological polar surface area (TPSA) is 97.6 Å². The molecule has 2 aromatic heterocycles. The van der Waals surface area contributed by atoms with Gasteiger partial charge in [0.1, 0.15) is 72.4 Å². The molecule has 8 rings (SSSR count). The molecule has 0 N–H and O–H groups in total. The van der Waals surface area contributed by atoms with Gasteiger partial charge in [-0.15, -0.1) is 0 Å². The summed E-state index contributed by atoms with van der Waals surface area (Å²) < 4.78 is 182. The maximum atomic E-state index is 9.87. The van der Waals surface area contributed by atoms with Gasteiger partial charge < -0.3 is 11.2 Å². The number of azo groups is 1. The molecular formula is C68H96F18N12P3-. The SMILES string of the molecule is CCCCN(CCCC)c1ccc(N=NC2=[N+](c3c(C)cc(C)cc3C)CCN2c2c(C)cc(C)cc2C)cn1.CCCCN(CCCC)c1ccc([N+]#N)cn1.Cc1cc(C)c(N2C=[N+](c3c(C)cc(C)cc3C)CC2)c(C)c1.F[P-](F)(F)(F)(F)F.F[P-](F)(F)(F)(F)F.F[P-](F)(F)(F)(F)F.[2H-]. The molecule has 0 radical (unpaired) electrons. The molecule has 2 aliphatic heterocycles. The summed E-state index contributed by atoms with van der Waals surface area (Å²) in [4.78, 5) is 21.7. The van der Waals surface area contributed by atoms with Crippen LogP contribution in [0.2, 0.25) is 0 Å². The Balaban J connectivity index is 0.000000480. The molecule has 12 nitrogen and oxygen atoms in total. The Morgan fingerprint density at radius 2 is 0.782 bits per heavy atom. The van der Waals surface area contributed by atoms with Crippen LogP contribution < -0.4 is 19.6 Å². The van der Waals surface area contributed by atoms with Gasteiger partial charge in [-0.3, -0.25) is 0 Å². The van der Waals surface area contributed by atoms with Crippen LogP contribution in [0.1, 0.15) is 147 Å². The molecule has 0 fully saturated rings. The van der Waals surface area contributed by atoms with E-state index in [9.17, 15) is 75.5 Å². The van der Waals surface area contributed by atoms with Crippen LogP contribution in [0.5, 0.6) is 0 Å². The van der Waals surface area contributed by atoms with Gasteiger partial charge in [0.15, 0.2) is 4.98 Å². The largest absolute Gasteiger partial charge is 1.00 e. The van der Waals surface area contributed by atoms with E-state index >= 15 is 0 Å². The third kappa shape index (κ3) is 36.0. The van der Waals surface area contributed by atoms with E-state index in [-0.39, 0.29) is 1.43 Å². The van der Waals surface area contributed by atoms with Gasteiger partial charge in [-0.1, -0.05) is 129 Å². The summed E-state index contributed by atoms with van der Waals surface area (Å²) in [6, 6.07) is 26.0. The molecule has 6 aromatic rings. The number of guanidine groups is 1. The summed E-state index contributed by atoms with van der Waals surface area (Å²) in [6.07, 6.45) is 15.2. The van der Waals surface area contributed by atoms with Crippen molar-refractivity contribution in [2.45, 2.75) is 162 Å². The predicted molar refractivity (Wildman–Crippen MR) is 382 cm³/mol. The van der Waals surface area contributed by atoms with Gasteiger partial charge in [-0.05, 0) is 171 Å². The number of diazo groups is 1. The van der Waals surface area contributed by atoms with Crippen LogP contribution in [0.3, 0.4) is 0 Å². The van der Waals surface area contributed by atoms with Crippen molar-refractivity contribution in [1.29, 1.82) is 5.39 Å². The van der Waals surface area contributed by atoms with Crippen LogP contribution in [0.15, 0.2) is 95.4 Å². The van der Waals surface area contributed by atoms with Gasteiger partial charge in [0.05, 0.1) is 6.20 Å².